The van der Waals surface area contributed by atoms with Crippen LogP contribution in [0.15, 0.2) is 30.6 Å². The molecule has 0 fully saturated rings. The third-order valence-electron chi connectivity index (χ3n) is 2.47. The van der Waals surface area contributed by atoms with E-state index in [0.29, 0.717) is 6.54 Å². The van der Waals surface area contributed by atoms with Crippen LogP contribution < -0.4 is 0 Å². The van der Waals surface area contributed by atoms with Crippen LogP contribution in [-0.4, -0.2) is 21.5 Å². The van der Waals surface area contributed by atoms with E-state index in [2.05, 4.69) is 5.10 Å². The zero-order chi connectivity index (χ0) is 11.5. The molecule has 4 heteroatoms. The Hall–Kier alpha value is -1.32. The minimum atomic E-state index is 0.0929. The van der Waals surface area contributed by atoms with E-state index in [1.807, 2.05) is 31.3 Å². The van der Waals surface area contributed by atoms with Crippen molar-refractivity contribution in [3.63, 3.8) is 0 Å². The first-order valence-electron chi connectivity index (χ1n) is 5.10. The Morgan fingerprint density at radius 2 is 2.25 bits per heavy atom. The molecule has 0 radical (unpaired) electrons. The van der Waals surface area contributed by atoms with Crippen molar-refractivity contribution in [2.45, 2.75) is 13.5 Å². The van der Waals surface area contributed by atoms with Crippen molar-refractivity contribution < 1.29 is 5.11 Å². The Morgan fingerprint density at radius 1 is 1.44 bits per heavy atom. The number of aliphatic hydroxyl groups is 1. The molecule has 0 spiro atoms. The maximum absolute atomic E-state index is 8.82. The number of nitrogens with zero attached hydrogens (tertiary/aromatic N) is 2. The summed E-state index contributed by atoms with van der Waals surface area (Å²) in [5.74, 6) is 0. The molecule has 0 atom stereocenters. The largest absolute Gasteiger partial charge is 0.394 e. The number of rotatable bonds is 3. The molecule has 0 aliphatic carbocycles. The first kappa shape index (κ1) is 11.2. The molecule has 0 aliphatic rings. The summed E-state index contributed by atoms with van der Waals surface area (Å²) in [4.78, 5) is 0. The van der Waals surface area contributed by atoms with Gasteiger partial charge >= 0.3 is 0 Å². The average molecular weight is 237 g/mol. The van der Waals surface area contributed by atoms with E-state index >= 15 is 0 Å². The highest BCUT2D eigenvalue weighted by Crippen LogP contribution is 2.25. The predicted molar refractivity (Wildman–Crippen MR) is 64.5 cm³/mol. The van der Waals surface area contributed by atoms with E-state index < -0.39 is 0 Å². The Morgan fingerprint density at radius 3 is 3.00 bits per heavy atom. The highest BCUT2D eigenvalue weighted by Gasteiger charge is 2.05. The summed E-state index contributed by atoms with van der Waals surface area (Å²) < 4.78 is 1.72. The number of benzene rings is 1. The molecule has 0 aliphatic heterocycles. The van der Waals surface area contributed by atoms with E-state index in [-0.39, 0.29) is 6.61 Å². The fraction of sp³-hybridized carbons (Fsp3) is 0.250. The summed E-state index contributed by atoms with van der Waals surface area (Å²) in [5.41, 5.74) is 3.26. The molecule has 2 aromatic rings. The molecule has 2 rings (SSSR count). The van der Waals surface area contributed by atoms with Crippen LogP contribution in [0.2, 0.25) is 5.02 Å². The van der Waals surface area contributed by atoms with Crippen molar-refractivity contribution in [2.24, 2.45) is 0 Å². The van der Waals surface area contributed by atoms with E-state index in [4.69, 9.17) is 16.7 Å². The van der Waals surface area contributed by atoms with Gasteiger partial charge < -0.3 is 5.11 Å². The van der Waals surface area contributed by atoms with Crippen molar-refractivity contribution in [3.8, 4) is 11.1 Å². The molecule has 16 heavy (non-hydrogen) atoms. The van der Waals surface area contributed by atoms with E-state index in [0.717, 1.165) is 21.7 Å². The number of halogens is 1. The van der Waals surface area contributed by atoms with Gasteiger partial charge in [-0.1, -0.05) is 17.7 Å². The second-order valence-electron chi connectivity index (χ2n) is 3.67. The smallest absolute Gasteiger partial charge is 0.0641 e. The Kier molecular flexibility index (Phi) is 3.27. The molecule has 1 aromatic heterocycles. The lowest BCUT2D eigenvalue weighted by Crippen LogP contribution is -2.01. The van der Waals surface area contributed by atoms with Gasteiger partial charge in [-0.2, -0.15) is 5.10 Å². The molecule has 1 N–H and O–H groups in total. The molecule has 1 heterocycles. The molecule has 3 nitrogen and oxygen atoms in total. The fourth-order valence-corrected chi connectivity index (χ4v) is 1.80. The molecule has 0 amide bonds. The zero-order valence-corrected chi connectivity index (χ0v) is 9.78. The lowest BCUT2D eigenvalue weighted by atomic mass is 10.0. The second-order valence-corrected chi connectivity index (χ2v) is 4.11. The van der Waals surface area contributed by atoms with E-state index in [9.17, 15) is 0 Å². The predicted octanol–water partition coefficient (Wildman–Crippen LogP) is 2.50. The summed E-state index contributed by atoms with van der Waals surface area (Å²) in [6.07, 6.45) is 3.70. The van der Waals surface area contributed by atoms with Gasteiger partial charge in [0.2, 0.25) is 0 Å². The standard InChI is InChI=1S/C12H13ClN2O/c1-9-2-3-11(13)6-12(9)10-7-14-15(8-10)4-5-16/h2-3,6-8,16H,4-5H2,1H3. The van der Waals surface area contributed by atoms with E-state index in [1.165, 1.54) is 0 Å². The topological polar surface area (TPSA) is 38.0 Å². The molecule has 0 bridgehead atoms. The van der Waals surface area contributed by atoms with Crippen LogP contribution in [0.3, 0.4) is 0 Å². The third kappa shape index (κ3) is 2.26. The van der Waals surface area contributed by atoms with Crippen LogP contribution in [0.4, 0.5) is 0 Å². The average Bonchev–Trinajstić information content (AvgIpc) is 2.71. The van der Waals surface area contributed by atoms with Gasteiger partial charge in [0.05, 0.1) is 19.3 Å². The van der Waals surface area contributed by atoms with Crippen molar-refractivity contribution in [3.05, 3.63) is 41.2 Å². The van der Waals surface area contributed by atoms with Crippen LogP contribution in [0, 0.1) is 6.92 Å². The van der Waals surface area contributed by atoms with Gasteiger partial charge in [0.15, 0.2) is 0 Å². The number of hydrogen-bond donors (Lipinski definition) is 1. The fourth-order valence-electron chi connectivity index (χ4n) is 1.63. The minimum absolute atomic E-state index is 0.0929. The zero-order valence-electron chi connectivity index (χ0n) is 9.02. The quantitative estimate of drug-likeness (QED) is 0.889. The van der Waals surface area contributed by atoms with Gasteiger partial charge in [-0.3, -0.25) is 4.68 Å². The van der Waals surface area contributed by atoms with Crippen molar-refractivity contribution in [1.82, 2.24) is 9.78 Å². The van der Waals surface area contributed by atoms with Gasteiger partial charge in [0.25, 0.3) is 0 Å². The maximum Gasteiger partial charge on any atom is 0.0641 e. The number of aromatic nitrogens is 2. The first-order valence-corrected chi connectivity index (χ1v) is 5.48. The van der Waals surface area contributed by atoms with Crippen LogP contribution in [-0.2, 0) is 6.54 Å². The maximum atomic E-state index is 8.82. The summed E-state index contributed by atoms with van der Waals surface area (Å²) in [6, 6.07) is 5.79. The summed E-state index contributed by atoms with van der Waals surface area (Å²) in [6.45, 7) is 2.64. The lowest BCUT2D eigenvalue weighted by molar-refractivity contribution is 0.269. The van der Waals surface area contributed by atoms with Crippen molar-refractivity contribution >= 4 is 11.6 Å². The van der Waals surface area contributed by atoms with Gasteiger partial charge in [-0.25, -0.2) is 0 Å². The molecule has 0 saturated carbocycles. The van der Waals surface area contributed by atoms with Gasteiger partial charge in [-0.05, 0) is 30.2 Å². The monoisotopic (exact) mass is 236 g/mol. The van der Waals surface area contributed by atoms with Gasteiger partial charge in [0, 0.05) is 16.8 Å². The third-order valence-corrected chi connectivity index (χ3v) is 2.71. The molecular weight excluding hydrogens is 224 g/mol. The number of aryl methyl sites for hydroxylation is 1. The van der Waals surface area contributed by atoms with E-state index in [1.54, 1.807) is 10.9 Å². The molecule has 0 unspecified atom stereocenters. The Balaban J connectivity index is 2.38. The molecule has 0 saturated heterocycles. The van der Waals surface area contributed by atoms with Crippen molar-refractivity contribution in [2.75, 3.05) is 6.61 Å². The SMILES string of the molecule is Cc1ccc(Cl)cc1-c1cnn(CCO)c1. The van der Waals surface area contributed by atoms with Crippen LogP contribution in [0.5, 0.6) is 0 Å². The molecular formula is C12H13ClN2O. The summed E-state index contributed by atoms with van der Waals surface area (Å²) >= 11 is 5.97. The summed E-state index contributed by atoms with van der Waals surface area (Å²) in [7, 11) is 0. The van der Waals surface area contributed by atoms with Gasteiger partial charge in [-0.15, -0.1) is 0 Å². The number of aliphatic hydroxyl groups excluding tert-OH is 1. The highest BCUT2D eigenvalue weighted by atomic mass is 35.5. The van der Waals surface area contributed by atoms with Crippen molar-refractivity contribution in [1.29, 1.82) is 0 Å². The van der Waals surface area contributed by atoms with Crippen LogP contribution >= 0.6 is 11.6 Å². The molecule has 1 aromatic carbocycles. The summed E-state index contributed by atoms with van der Waals surface area (Å²) in [5, 5.41) is 13.7. The minimum Gasteiger partial charge on any atom is -0.394 e. The first-order chi connectivity index (χ1) is 7.70. The number of hydrogen-bond acceptors (Lipinski definition) is 2. The van der Waals surface area contributed by atoms with Crippen LogP contribution in [0.25, 0.3) is 11.1 Å². The molecule has 84 valence electrons. The Bertz CT molecular complexity index is 494. The second kappa shape index (κ2) is 4.68. The van der Waals surface area contributed by atoms with Gasteiger partial charge in [0.1, 0.15) is 0 Å². The highest BCUT2D eigenvalue weighted by molar-refractivity contribution is 6.30. The normalized spacial score (nSPS) is 10.7. The van der Waals surface area contributed by atoms with Crippen LogP contribution in [0.1, 0.15) is 5.56 Å². The Labute approximate surface area is 99.3 Å². The lowest BCUT2D eigenvalue weighted by Gasteiger charge is -2.03.